The Morgan fingerprint density at radius 2 is 1.25 bits per heavy atom. The van der Waals surface area contributed by atoms with E-state index in [9.17, 15) is 54.0 Å². The molecule has 0 aliphatic carbocycles. The lowest BCUT2D eigenvalue weighted by Gasteiger charge is -2.32. The number of nitrogens with one attached hydrogen (secondary N) is 5. The lowest BCUT2D eigenvalue weighted by Crippen LogP contribution is -2.61. The van der Waals surface area contributed by atoms with Crippen molar-refractivity contribution in [3.05, 3.63) is 108 Å². The number of hydrogen-bond donors (Lipinski definition) is 10. The summed E-state index contributed by atoms with van der Waals surface area (Å²) < 4.78 is 5.86. The number of phenols is 1. The van der Waals surface area contributed by atoms with Gasteiger partial charge in [0.1, 0.15) is 47.8 Å². The van der Waals surface area contributed by atoms with E-state index in [2.05, 4.69) is 33.5 Å². The van der Waals surface area contributed by atoms with Crippen LogP contribution in [-0.2, 0) is 35.2 Å². The number of carbonyl (C=O) groups excluding carboxylic acids is 7. The maximum Gasteiger partial charge on any atom is 0.251 e. The van der Waals surface area contributed by atoms with Gasteiger partial charge in [-0.2, -0.15) is 0 Å². The normalized spacial score (nSPS) is 24.8. The molecule has 3 fully saturated rings. The highest BCUT2D eigenvalue weighted by Gasteiger charge is 2.46. The molecular formula is C57H72N8O12. The third-order valence-electron chi connectivity index (χ3n) is 14.3. The molecule has 3 aliphatic heterocycles. The van der Waals surface area contributed by atoms with E-state index >= 15 is 0 Å². The molecule has 7 amide bonds. The van der Waals surface area contributed by atoms with E-state index in [4.69, 9.17) is 10.5 Å². The molecule has 3 heterocycles. The molecule has 0 spiro atoms. The Labute approximate surface area is 448 Å². The minimum atomic E-state index is -1.68. The summed E-state index contributed by atoms with van der Waals surface area (Å²) in [6.07, 6.45) is -1.12. The van der Waals surface area contributed by atoms with Gasteiger partial charge in [0.05, 0.1) is 24.9 Å². The number of nitrogens with two attached hydrogens (primary N) is 1. The molecule has 0 saturated carbocycles. The van der Waals surface area contributed by atoms with Crippen LogP contribution in [0.2, 0.25) is 0 Å². The summed E-state index contributed by atoms with van der Waals surface area (Å²) in [7, 11) is 0. The molecule has 77 heavy (non-hydrogen) atoms. The average Bonchev–Trinajstić information content (AvgIpc) is 4.06. The maximum absolute atomic E-state index is 14.4. The predicted molar refractivity (Wildman–Crippen MR) is 286 cm³/mol. The first-order valence-electron chi connectivity index (χ1n) is 26.5. The summed E-state index contributed by atoms with van der Waals surface area (Å²) in [5, 5.41) is 56.0. The molecule has 0 bridgehead atoms. The van der Waals surface area contributed by atoms with Crippen molar-refractivity contribution in [2.75, 3.05) is 26.2 Å². The maximum atomic E-state index is 14.4. The largest absolute Gasteiger partial charge is 0.508 e. The molecule has 7 rings (SSSR count). The van der Waals surface area contributed by atoms with E-state index in [1.54, 1.807) is 36.4 Å². The first-order chi connectivity index (χ1) is 36.9. The zero-order chi connectivity index (χ0) is 55.3. The Morgan fingerprint density at radius 3 is 1.83 bits per heavy atom. The van der Waals surface area contributed by atoms with Gasteiger partial charge >= 0.3 is 0 Å². The fourth-order valence-corrected chi connectivity index (χ4v) is 9.92. The third kappa shape index (κ3) is 15.0. The van der Waals surface area contributed by atoms with Crippen LogP contribution in [0.25, 0.3) is 22.3 Å². The molecule has 20 nitrogen and oxygen atoms in total. The Balaban J connectivity index is 1.11. The predicted octanol–water partition coefficient (Wildman–Crippen LogP) is 2.04. The Morgan fingerprint density at radius 1 is 0.701 bits per heavy atom. The van der Waals surface area contributed by atoms with Crippen LogP contribution < -0.4 is 37.1 Å². The summed E-state index contributed by atoms with van der Waals surface area (Å²) in [5.74, 6) is -4.76. The van der Waals surface area contributed by atoms with Gasteiger partial charge in [0, 0.05) is 37.7 Å². The van der Waals surface area contributed by atoms with E-state index in [-0.39, 0.29) is 69.5 Å². The second-order valence-corrected chi connectivity index (χ2v) is 20.3. The van der Waals surface area contributed by atoms with Gasteiger partial charge in [-0.05, 0) is 117 Å². The highest BCUT2D eigenvalue weighted by Crippen LogP contribution is 2.28. The summed E-state index contributed by atoms with van der Waals surface area (Å²) in [6, 6.07) is 19.7. The Hall–Kier alpha value is -7.39. The molecule has 4 aromatic rings. The van der Waals surface area contributed by atoms with Crippen molar-refractivity contribution in [1.29, 1.82) is 0 Å². The number of aromatic hydroxyl groups is 1. The number of carbonyl (C=O) groups is 7. The fraction of sp³-hybridized carbons (Fsp3) is 0.456. The molecule has 0 aromatic heterocycles. The SMILES string of the molecule is CCCCCOc1ccc(-c2ccc(-c3ccc(C(=O)N[C@H]4CCCNC(=O)[C@@H]5C[C@H](N)CN5C(=O)[C@@H]([C@H](C)O)NC(=O)[C@H](CCc5ccc(O)cc5)NC(=O)[C@@H]5C[C@@H](O)CN5C(=O)[C@H]([C@@H](C)O)NC4=O)cc3)cc2)cc1. The number of phenolic OH excluding ortho intramolecular Hbond substituents is 1. The van der Waals surface area contributed by atoms with Crippen LogP contribution in [0.5, 0.6) is 11.5 Å². The molecule has 11 N–H and O–H groups in total. The van der Waals surface area contributed by atoms with Crippen LogP contribution >= 0.6 is 0 Å². The van der Waals surface area contributed by atoms with Crippen LogP contribution in [0.1, 0.15) is 88.1 Å². The number of rotatable bonds is 14. The number of aliphatic hydroxyl groups excluding tert-OH is 3. The first-order valence-corrected chi connectivity index (χ1v) is 26.5. The molecule has 0 unspecified atom stereocenters. The Kier molecular flexibility index (Phi) is 19.8. The van der Waals surface area contributed by atoms with E-state index < -0.39 is 102 Å². The van der Waals surface area contributed by atoms with Gasteiger partial charge in [-0.1, -0.05) is 80.4 Å². The van der Waals surface area contributed by atoms with Crippen molar-refractivity contribution in [3.63, 3.8) is 0 Å². The van der Waals surface area contributed by atoms with Crippen LogP contribution in [0.3, 0.4) is 0 Å². The van der Waals surface area contributed by atoms with Crippen molar-refractivity contribution >= 4 is 41.4 Å². The van der Waals surface area contributed by atoms with Gasteiger partial charge in [-0.25, -0.2) is 0 Å². The van der Waals surface area contributed by atoms with Gasteiger partial charge in [-0.3, -0.25) is 33.6 Å². The highest BCUT2D eigenvalue weighted by atomic mass is 16.5. The minimum absolute atomic E-state index is 0.00318. The Bertz CT molecular complexity index is 2690. The average molecular weight is 1060 g/mol. The standard InChI is InChI=1S/C57H72N8O12/c1-4-5-6-28-77-44-24-20-39(21-25-44)37-14-12-36(13-15-37)38-16-18-40(19-17-38)51(70)60-45-8-7-27-59-54(73)47-29-41(58)31-64(47)56(75)49(33(2)66)63-53(72)46(26-11-35-9-22-42(68)23-10-35)61-55(74)48-30-43(69)32-65(48)57(76)50(34(3)67)62-52(45)71/h9-10,12-25,33-34,41,43,45-50,66-69H,4-8,11,26-32,58H2,1-3H3,(H,59,73)(H,60,70)(H,61,74)(H,62,71)(H,63,72)/t33-,34+,41-,43+,45-,46-,47-,48-,49+,50-/m0/s1. The molecule has 3 aliphatic rings. The van der Waals surface area contributed by atoms with Crippen LogP contribution in [0.4, 0.5) is 0 Å². The first kappa shape index (κ1) is 57.3. The van der Waals surface area contributed by atoms with E-state index in [1.807, 2.05) is 48.5 Å². The number of aryl methyl sites for hydroxylation is 1. The topological polar surface area (TPSA) is 302 Å². The number of amides is 7. The number of unbranched alkanes of at least 4 members (excludes halogenated alkanes) is 2. The van der Waals surface area contributed by atoms with Crippen molar-refractivity contribution in [2.45, 2.75) is 139 Å². The summed E-state index contributed by atoms with van der Waals surface area (Å²) in [4.78, 5) is 101. The van der Waals surface area contributed by atoms with E-state index in [0.717, 1.165) is 52.2 Å². The van der Waals surface area contributed by atoms with Crippen molar-refractivity contribution in [2.24, 2.45) is 5.73 Å². The number of benzene rings is 4. The lowest BCUT2D eigenvalue weighted by atomic mass is 9.99. The molecule has 20 heteroatoms. The summed E-state index contributed by atoms with van der Waals surface area (Å²) >= 11 is 0. The third-order valence-corrected chi connectivity index (χ3v) is 14.3. The minimum Gasteiger partial charge on any atom is -0.508 e. The van der Waals surface area contributed by atoms with Gasteiger partial charge in [0.2, 0.25) is 35.4 Å². The van der Waals surface area contributed by atoms with Crippen molar-refractivity contribution in [3.8, 4) is 33.8 Å². The van der Waals surface area contributed by atoms with Gasteiger partial charge < -0.3 is 67.3 Å². The van der Waals surface area contributed by atoms with Crippen molar-refractivity contribution in [1.82, 2.24) is 36.4 Å². The zero-order valence-electron chi connectivity index (χ0n) is 43.7. The smallest absolute Gasteiger partial charge is 0.251 e. The van der Waals surface area contributed by atoms with Crippen LogP contribution in [0.15, 0.2) is 97.1 Å². The number of fused-ring (bicyclic) bond motifs is 2. The molecule has 4 aromatic carbocycles. The number of hydrogen-bond acceptors (Lipinski definition) is 13. The molecule has 10 atom stereocenters. The number of aliphatic hydroxyl groups is 3. The second kappa shape index (κ2) is 26.6. The highest BCUT2D eigenvalue weighted by molar-refractivity contribution is 6.00. The van der Waals surface area contributed by atoms with Gasteiger partial charge in [-0.15, -0.1) is 0 Å². The molecule has 412 valence electrons. The lowest BCUT2D eigenvalue weighted by molar-refractivity contribution is -0.145. The van der Waals surface area contributed by atoms with Crippen LogP contribution in [0, 0.1) is 0 Å². The quantitative estimate of drug-likeness (QED) is 0.0811. The van der Waals surface area contributed by atoms with Gasteiger partial charge in [0.15, 0.2) is 0 Å². The number of nitrogens with zero attached hydrogens (tertiary/aromatic N) is 2. The van der Waals surface area contributed by atoms with Crippen molar-refractivity contribution < 1.29 is 58.7 Å². The fourth-order valence-electron chi connectivity index (χ4n) is 9.92. The second-order valence-electron chi connectivity index (χ2n) is 20.3. The van der Waals surface area contributed by atoms with E-state index in [0.29, 0.717) is 12.2 Å². The number of ether oxygens (including phenoxy) is 1. The van der Waals surface area contributed by atoms with Crippen LogP contribution in [-0.4, -0.2) is 158 Å². The molecule has 0 radical (unpaired) electrons. The molecular weight excluding hydrogens is 989 g/mol. The summed E-state index contributed by atoms with van der Waals surface area (Å²) in [5.41, 5.74) is 10.9. The summed E-state index contributed by atoms with van der Waals surface area (Å²) in [6.45, 7) is 4.87. The monoisotopic (exact) mass is 1060 g/mol. The molecule has 3 saturated heterocycles. The zero-order valence-corrected chi connectivity index (χ0v) is 43.7. The van der Waals surface area contributed by atoms with Gasteiger partial charge in [0.25, 0.3) is 5.91 Å². The van der Waals surface area contributed by atoms with E-state index in [1.165, 1.54) is 30.9 Å².